The van der Waals surface area contributed by atoms with Crippen LogP contribution in [0.5, 0.6) is 11.5 Å². The molecule has 0 radical (unpaired) electrons. The van der Waals surface area contributed by atoms with Gasteiger partial charge < -0.3 is 9.84 Å². The van der Waals surface area contributed by atoms with Gasteiger partial charge >= 0.3 is 0 Å². The fraction of sp³-hybridized carbons (Fsp3) is 0.240. The van der Waals surface area contributed by atoms with Gasteiger partial charge in [0.05, 0.1) is 11.4 Å². The number of benzene rings is 2. The summed E-state index contributed by atoms with van der Waals surface area (Å²) in [5.41, 5.74) is 6.77. The summed E-state index contributed by atoms with van der Waals surface area (Å²) in [4.78, 5) is 4.86. The maximum Gasteiger partial charge on any atom is 0.138 e. The first-order valence-electron chi connectivity index (χ1n) is 9.84. The zero-order valence-electron chi connectivity index (χ0n) is 16.2. The first-order valence-corrected chi connectivity index (χ1v) is 9.84. The second kappa shape index (κ2) is 6.23. The van der Waals surface area contributed by atoms with Crippen LogP contribution in [0, 0.1) is 0 Å². The minimum Gasteiger partial charge on any atom is -0.508 e. The van der Waals surface area contributed by atoms with Gasteiger partial charge in [-0.25, -0.2) is 0 Å². The third-order valence-corrected chi connectivity index (χ3v) is 5.92. The van der Waals surface area contributed by atoms with Crippen molar-refractivity contribution in [3.05, 3.63) is 82.6 Å². The van der Waals surface area contributed by atoms with Gasteiger partial charge in [0, 0.05) is 17.0 Å². The summed E-state index contributed by atoms with van der Waals surface area (Å²) >= 11 is 0. The van der Waals surface area contributed by atoms with Gasteiger partial charge in [0.25, 0.3) is 0 Å². The molecule has 0 saturated heterocycles. The van der Waals surface area contributed by atoms with Gasteiger partial charge in [-0.3, -0.25) is 4.99 Å². The Morgan fingerprint density at radius 3 is 2.79 bits per heavy atom. The fourth-order valence-electron chi connectivity index (χ4n) is 4.29. The molecule has 0 unspecified atom stereocenters. The van der Waals surface area contributed by atoms with Crippen LogP contribution in [0.3, 0.4) is 0 Å². The molecule has 0 saturated carbocycles. The summed E-state index contributed by atoms with van der Waals surface area (Å²) in [6.07, 6.45) is 9.62. The molecular weight excluding hydrogens is 346 g/mol. The Balaban J connectivity index is 1.51. The Bertz CT molecular complexity index is 1100. The van der Waals surface area contributed by atoms with Crippen LogP contribution < -0.4 is 4.74 Å². The maximum atomic E-state index is 9.79. The molecule has 0 spiro atoms. The van der Waals surface area contributed by atoms with Crippen LogP contribution in [0.2, 0.25) is 0 Å². The minimum absolute atomic E-state index is 0.0997. The fourth-order valence-corrected chi connectivity index (χ4v) is 4.29. The van der Waals surface area contributed by atoms with E-state index in [-0.39, 0.29) is 11.2 Å². The number of fused-ring (bicyclic) bond motifs is 3. The van der Waals surface area contributed by atoms with Crippen molar-refractivity contribution in [2.24, 2.45) is 4.99 Å². The normalized spacial score (nSPS) is 19.5. The van der Waals surface area contributed by atoms with Crippen molar-refractivity contribution in [2.75, 3.05) is 0 Å². The summed E-state index contributed by atoms with van der Waals surface area (Å²) in [6.45, 7) is 4.45. The second-order valence-electron chi connectivity index (χ2n) is 8.17. The molecule has 2 aromatic rings. The van der Waals surface area contributed by atoms with Crippen LogP contribution in [0.4, 0.5) is 5.69 Å². The van der Waals surface area contributed by atoms with Gasteiger partial charge in [-0.2, -0.15) is 0 Å². The summed E-state index contributed by atoms with van der Waals surface area (Å²) in [6, 6.07) is 13.7. The molecule has 2 aromatic carbocycles. The zero-order chi connectivity index (χ0) is 19.3. The Labute approximate surface area is 165 Å². The second-order valence-corrected chi connectivity index (χ2v) is 8.17. The molecule has 3 nitrogen and oxygen atoms in total. The zero-order valence-corrected chi connectivity index (χ0v) is 16.2. The highest BCUT2D eigenvalue weighted by Crippen LogP contribution is 2.42. The maximum absolute atomic E-state index is 9.79. The molecule has 28 heavy (non-hydrogen) atoms. The van der Waals surface area contributed by atoms with Crippen LogP contribution in [0.25, 0.3) is 6.08 Å². The first-order chi connectivity index (χ1) is 13.5. The molecule has 1 aliphatic carbocycles. The molecule has 0 fully saturated rings. The number of ether oxygens (including phenoxy) is 1. The van der Waals surface area contributed by atoms with E-state index in [2.05, 4.69) is 50.3 Å². The highest BCUT2D eigenvalue weighted by molar-refractivity contribution is 6.08. The Kier molecular flexibility index (Phi) is 3.80. The third-order valence-electron chi connectivity index (χ3n) is 5.92. The van der Waals surface area contributed by atoms with E-state index in [1.54, 1.807) is 12.1 Å². The molecule has 0 amide bonds. The lowest BCUT2D eigenvalue weighted by Crippen LogP contribution is -2.23. The van der Waals surface area contributed by atoms with Gasteiger partial charge in [-0.05, 0) is 66.3 Å². The Hall–Kier alpha value is -3.07. The number of para-hydroxylation sites is 1. The van der Waals surface area contributed by atoms with Gasteiger partial charge in [0.2, 0.25) is 0 Å². The first kappa shape index (κ1) is 17.1. The van der Waals surface area contributed by atoms with E-state index in [1.165, 1.54) is 16.7 Å². The average Bonchev–Trinajstić information content (AvgIpc) is 2.95. The lowest BCUT2D eigenvalue weighted by Gasteiger charge is -2.26. The quantitative estimate of drug-likeness (QED) is 0.682. The minimum atomic E-state index is -0.0997. The van der Waals surface area contributed by atoms with Crippen molar-refractivity contribution < 1.29 is 9.84 Å². The van der Waals surface area contributed by atoms with Gasteiger partial charge in [0.15, 0.2) is 0 Å². The molecule has 0 aromatic heterocycles. The monoisotopic (exact) mass is 369 g/mol. The predicted molar refractivity (Wildman–Crippen MR) is 113 cm³/mol. The summed E-state index contributed by atoms with van der Waals surface area (Å²) in [7, 11) is 0. The molecule has 0 bridgehead atoms. The molecule has 2 aliphatic heterocycles. The highest BCUT2D eigenvalue weighted by Gasteiger charge is 2.33. The number of phenols is 1. The number of phenolic OH excluding ortho intramolecular Hbond substituents is 1. The summed E-state index contributed by atoms with van der Waals surface area (Å²) < 4.78 is 6.22. The number of nitrogens with zero attached hydrogens (tertiary/aromatic N) is 1. The van der Waals surface area contributed by atoms with Crippen LogP contribution in [0.15, 0.2) is 76.5 Å². The molecular formula is C25H23NO2. The van der Waals surface area contributed by atoms with Crippen molar-refractivity contribution in [2.45, 2.75) is 38.5 Å². The van der Waals surface area contributed by atoms with E-state index in [9.17, 15) is 5.11 Å². The molecule has 1 N–H and O–H groups in total. The molecule has 3 heteroatoms. The topological polar surface area (TPSA) is 41.8 Å². The van der Waals surface area contributed by atoms with Crippen LogP contribution >= 0.6 is 0 Å². The summed E-state index contributed by atoms with van der Waals surface area (Å²) in [5.74, 6) is 1.89. The number of allylic oxidation sites excluding steroid dienone is 4. The lowest BCUT2D eigenvalue weighted by molar-refractivity contribution is 0.404. The molecule has 3 aliphatic rings. The van der Waals surface area contributed by atoms with E-state index in [1.807, 2.05) is 12.1 Å². The third kappa shape index (κ3) is 2.70. The van der Waals surface area contributed by atoms with E-state index >= 15 is 0 Å². The SMILES string of the molecule is CC1(C)C(/C=C/C2=C3Oc4cc(O)ccc4C=C3CCC2)=Nc2ccccc21. The molecule has 2 heterocycles. The van der Waals surface area contributed by atoms with Crippen molar-refractivity contribution >= 4 is 17.5 Å². The Morgan fingerprint density at radius 1 is 1.07 bits per heavy atom. The van der Waals surface area contributed by atoms with Crippen molar-refractivity contribution in [1.82, 2.24) is 0 Å². The van der Waals surface area contributed by atoms with E-state index in [0.29, 0.717) is 0 Å². The molecule has 140 valence electrons. The van der Waals surface area contributed by atoms with Crippen LogP contribution in [-0.2, 0) is 5.41 Å². The van der Waals surface area contributed by atoms with Crippen molar-refractivity contribution in [3.8, 4) is 11.5 Å². The highest BCUT2D eigenvalue weighted by atomic mass is 16.5. The number of rotatable bonds is 2. The molecule has 0 atom stereocenters. The number of aromatic hydroxyl groups is 1. The smallest absolute Gasteiger partial charge is 0.138 e. The van der Waals surface area contributed by atoms with Gasteiger partial charge in [-0.1, -0.05) is 38.1 Å². The summed E-state index contributed by atoms with van der Waals surface area (Å²) in [5, 5.41) is 9.79. The van der Waals surface area contributed by atoms with E-state index in [0.717, 1.165) is 47.7 Å². The van der Waals surface area contributed by atoms with Gasteiger partial charge in [-0.15, -0.1) is 0 Å². The predicted octanol–water partition coefficient (Wildman–Crippen LogP) is 6.23. The van der Waals surface area contributed by atoms with Crippen molar-refractivity contribution in [3.63, 3.8) is 0 Å². The average molecular weight is 369 g/mol. The molecule has 5 rings (SSSR count). The van der Waals surface area contributed by atoms with E-state index < -0.39 is 0 Å². The van der Waals surface area contributed by atoms with Gasteiger partial charge in [0.1, 0.15) is 17.3 Å². The number of hydrogen-bond acceptors (Lipinski definition) is 3. The standard InChI is InChI=1S/C25H23NO2/c1-25(2)20-8-3-4-9-21(20)26-23(25)13-11-16-6-5-7-18-14-17-10-12-19(27)15-22(17)28-24(16)18/h3-4,8-15,27H,5-7H2,1-2H3/b13-11+. The Morgan fingerprint density at radius 2 is 1.93 bits per heavy atom. The van der Waals surface area contributed by atoms with Crippen molar-refractivity contribution in [1.29, 1.82) is 0 Å². The van der Waals surface area contributed by atoms with E-state index in [4.69, 9.17) is 9.73 Å². The van der Waals surface area contributed by atoms with Crippen LogP contribution in [0.1, 0.15) is 44.2 Å². The number of hydrogen-bond donors (Lipinski definition) is 1. The number of aliphatic imine (C=N–C) groups is 1. The van der Waals surface area contributed by atoms with Crippen LogP contribution in [-0.4, -0.2) is 10.8 Å². The largest absolute Gasteiger partial charge is 0.508 e. The lowest BCUT2D eigenvalue weighted by atomic mass is 9.81.